The van der Waals surface area contributed by atoms with E-state index in [1.54, 1.807) is 11.3 Å². The smallest absolute Gasteiger partial charge is 0.0492 e. The molecule has 1 atom stereocenters. The van der Waals surface area contributed by atoms with Crippen LogP contribution in [0.2, 0.25) is 0 Å². The molecule has 0 saturated heterocycles. The molecule has 16 heavy (non-hydrogen) atoms. The van der Waals surface area contributed by atoms with Gasteiger partial charge in [-0.1, -0.05) is 30.3 Å². The van der Waals surface area contributed by atoms with Gasteiger partial charge in [0.1, 0.15) is 0 Å². The second-order valence-electron chi connectivity index (χ2n) is 3.62. The van der Waals surface area contributed by atoms with Crippen LogP contribution in [0.3, 0.4) is 0 Å². The molecule has 0 amide bonds. The number of carbonyl (C=O) groups excluding carboxylic acids is 1. The van der Waals surface area contributed by atoms with Gasteiger partial charge in [-0.15, -0.1) is 0 Å². The summed E-state index contributed by atoms with van der Waals surface area (Å²) in [4.78, 5) is 11.1. The Kier molecular flexibility index (Phi) is 3.37. The number of hydrogen-bond donors (Lipinski definition) is 0. The van der Waals surface area contributed by atoms with Crippen molar-refractivity contribution in [3.63, 3.8) is 0 Å². The Morgan fingerprint density at radius 2 is 2.00 bits per heavy atom. The molecule has 3 heteroatoms. The van der Waals surface area contributed by atoms with Crippen LogP contribution in [0.25, 0.3) is 0 Å². The predicted octanol–water partition coefficient (Wildman–Crippen LogP) is 1.82. The summed E-state index contributed by atoms with van der Waals surface area (Å²) < 4.78 is 0. The molecule has 0 aliphatic rings. The molecule has 2 nitrogen and oxygen atoms in total. The van der Waals surface area contributed by atoms with Crippen molar-refractivity contribution in [2.45, 2.75) is 12.3 Å². The van der Waals surface area contributed by atoms with Gasteiger partial charge in [-0.3, -0.25) is 0 Å². The van der Waals surface area contributed by atoms with E-state index in [4.69, 9.17) is 0 Å². The number of carbonyl (C=O) groups is 1. The van der Waals surface area contributed by atoms with E-state index in [2.05, 4.69) is 0 Å². The maximum atomic E-state index is 11.1. The molecule has 1 aromatic carbocycles. The fourth-order valence-corrected chi connectivity index (χ4v) is 2.35. The molecule has 0 unspecified atom stereocenters. The molecule has 0 radical (unpaired) electrons. The Morgan fingerprint density at radius 3 is 2.56 bits per heavy atom. The minimum absolute atomic E-state index is 0.496. The van der Waals surface area contributed by atoms with Crippen molar-refractivity contribution in [2.24, 2.45) is 0 Å². The quantitative estimate of drug-likeness (QED) is 0.805. The molecule has 1 aromatic heterocycles. The van der Waals surface area contributed by atoms with Crippen LogP contribution >= 0.6 is 11.3 Å². The Balaban J connectivity index is 2.22. The van der Waals surface area contributed by atoms with Crippen molar-refractivity contribution >= 4 is 17.3 Å². The zero-order valence-corrected chi connectivity index (χ0v) is 9.44. The zero-order valence-electron chi connectivity index (χ0n) is 8.63. The number of rotatable bonds is 4. The van der Waals surface area contributed by atoms with E-state index in [1.807, 2.05) is 47.2 Å². The van der Waals surface area contributed by atoms with Crippen LogP contribution in [0.4, 0.5) is 0 Å². The van der Waals surface area contributed by atoms with Crippen molar-refractivity contribution in [1.29, 1.82) is 0 Å². The maximum Gasteiger partial charge on any atom is 0.0492 e. The highest BCUT2D eigenvalue weighted by atomic mass is 32.1. The van der Waals surface area contributed by atoms with Crippen molar-refractivity contribution in [3.05, 3.63) is 58.3 Å². The average molecular weight is 231 g/mol. The summed E-state index contributed by atoms with van der Waals surface area (Å²) in [6.45, 7) is 0. The van der Waals surface area contributed by atoms with E-state index in [0.29, 0.717) is 6.42 Å². The van der Waals surface area contributed by atoms with Gasteiger partial charge < -0.3 is 9.90 Å². The number of carboxylic acids is 1. The van der Waals surface area contributed by atoms with Gasteiger partial charge in [0.2, 0.25) is 0 Å². The molecule has 2 rings (SSSR count). The first-order valence-electron chi connectivity index (χ1n) is 5.04. The summed E-state index contributed by atoms with van der Waals surface area (Å²) in [5, 5.41) is 15.0. The number of hydrogen-bond acceptors (Lipinski definition) is 3. The fourth-order valence-electron chi connectivity index (χ4n) is 1.67. The number of thiophene rings is 1. The Hall–Kier alpha value is -1.61. The van der Waals surface area contributed by atoms with Gasteiger partial charge in [-0.2, -0.15) is 11.3 Å². The molecule has 0 bridgehead atoms. The monoisotopic (exact) mass is 231 g/mol. The number of benzene rings is 1. The van der Waals surface area contributed by atoms with E-state index in [0.717, 1.165) is 11.1 Å². The summed E-state index contributed by atoms with van der Waals surface area (Å²) in [7, 11) is 0. The lowest BCUT2D eigenvalue weighted by Crippen LogP contribution is -2.30. The van der Waals surface area contributed by atoms with E-state index >= 15 is 0 Å². The van der Waals surface area contributed by atoms with Crippen LogP contribution in [0.1, 0.15) is 17.0 Å². The van der Waals surface area contributed by atoms with Gasteiger partial charge in [-0.05, 0) is 34.4 Å². The topological polar surface area (TPSA) is 40.1 Å². The van der Waals surface area contributed by atoms with Crippen LogP contribution in [0.15, 0.2) is 47.2 Å². The van der Waals surface area contributed by atoms with Crippen molar-refractivity contribution in [3.8, 4) is 0 Å². The molecular weight excluding hydrogens is 220 g/mol. The third-order valence-corrected chi connectivity index (χ3v) is 3.24. The second-order valence-corrected chi connectivity index (χ2v) is 4.40. The minimum Gasteiger partial charge on any atom is -0.549 e. The van der Waals surface area contributed by atoms with Crippen LogP contribution in [-0.2, 0) is 11.2 Å². The molecule has 2 aromatic rings. The molecule has 1 heterocycles. The van der Waals surface area contributed by atoms with Gasteiger partial charge in [-0.25, -0.2) is 0 Å². The normalized spacial score (nSPS) is 12.2. The van der Waals surface area contributed by atoms with Crippen LogP contribution in [-0.4, -0.2) is 5.97 Å². The summed E-state index contributed by atoms with van der Waals surface area (Å²) in [5.41, 5.74) is 1.84. The largest absolute Gasteiger partial charge is 0.549 e. The first-order chi connectivity index (χ1) is 7.77. The van der Waals surface area contributed by atoms with Gasteiger partial charge in [0.05, 0.1) is 0 Å². The maximum absolute atomic E-state index is 11.1. The predicted molar refractivity (Wildman–Crippen MR) is 62.2 cm³/mol. The highest BCUT2D eigenvalue weighted by Gasteiger charge is 2.13. The standard InChI is InChI=1S/C13H12O2S/c14-13(15)12(8-10-6-7-16-9-10)11-4-2-1-3-5-11/h1-7,9,12H,8H2,(H,14,15)/p-1/t12-/m0/s1. The number of carboxylic acid groups (broad SMARTS) is 1. The fraction of sp³-hybridized carbons (Fsp3) is 0.154. The van der Waals surface area contributed by atoms with Crippen LogP contribution in [0.5, 0.6) is 0 Å². The van der Waals surface area contributed by atoms with Gasteiger partial charge >= 0.3 is 0 Å². The highest BCUT2D eigenvalue weighted by Crippen LogP contribution is 2.21. The van der Waals surface area contributed by atoms with Crippen molar-refractivity contribution in [1.82, 2.24) is 0 Å². The molecule has 0 spiro atoms. The molecular formula is C13H11O2S-. The van der Waals surface area contributed by atoms with Crippen molar-refractivity contribution < 1.29 is 9.90 Å². The number of aliphatic carboxylic acids is 1. The first kappa shape index (κ1) is 10.9. The lowest BCUT2D eigenvalue weighted by atomic mass is 9.93. The zero-order chi connectivity index (χ0) is 11.4. The SMILES string of the molecule is O=C([O-])[C@@H](Cc1ccsc1)c1ccccc1. The third-order valence-electron chi connectivity index (χ3n) is 2.51. The van der Waals surface area contributed by atoms with Crippen LogP contribution < -0.4 is 5.11 Å². The summed E-state index contributed by atoms with van der Waals surface area (Å²) >= 11 is 1.58. The summed E-state index contributed by atoms with van der Waals surface area (Å²) in [5.74, 6) is -1.58. The summed E-state index contributed by atoms with van der Waals surface area (Å²) in [6, 6.07) is 11.2. The molecule has 0 N–H and O–H groups in total. The molecule has 0 saturated carbocycles. The molecule has 0 aliphatic carbocycles. The Bertz CT molecular complexity index is 448. The summed E-state index contributed by atoms with van der Waals surface area (Å²) in [6.07, 6.45) is 0.496. The molecule has 0 fully saturated rings. The Morgan fingerprint density at radius 1 is 1.25 bits per heavy atom. The van der Waals surface area contributed by atoms with Crippen LogP contribution in [0, 0.1) is 0 Å². The van der Waals surface area contributed by atoms with Crippen molar-refractivity contribution in [2.75, 3.05) is 0 Å². The molecule has 0 aliphatic heterocycles. The lowest BCUT2D eigenvalue weighted by molar-refractivity contribution is -0.308. The van der Waals surface area contributed by atoms with E-state index in [1.165, 1.54) is 0 Å². The lowest BCUT2D eigenvalue weighted by Gasteiger charge is -2.17. The molecule has 82 valence electrons. The van der Waals surface area contributed by atoms with E-state index < -0.39 is 11.9 Å². The van der Waals surface area contributed by atoms with Gasteiger partial charge in [0.15, 0.2) is 0 Å². The third kappa shape index (κ3) is 2.49. The Labute approximate surface area is 98.2 Å². The van der Waals surface area contributed by atoms with Gasteiger partial charge in [0.25, 0.3) is 0 Å². The second kappa shape index (κ2) is 4.94. The van der Waals surface area contributed by atoms with E-state index in [-0.39, 0.29) is 0 Å². The van der Waals surface area contributed by atoms with E-state index in [9.17, 15) is 9.90 Å². The first-order valence-corrected chi connectivity index (χ1v) is 5.98. The minimum atomic E-state index is -1.02. The van der Waals surface area contributed by atoms with Gasteiger partial charge in [0, 0.05) is 11.9 Å². The average Bonchev–Trinajstić information content (AvgIpc) is 2.79. The highest BCUT2D eigenvalue weighted by molar-refractivity contribution is 7.07.